The summed E-state index contributed by atoms with van der Waals surface area (Å²) in [6.07, 6.45) is 4.97. The van der Waals surface area contributed by atoms with Crippen molar-refractivity contribution < 1.29 is 22.9 Å². The van der Waals surface area contributed by atoms with Crippen molar-refractivity contribution in [2.45, 2.75) is 32.1 Å². The minimum absolute atomic E-state index is 0.0977. The minimum Gasteiger partial charge on any atom is -0.351 e. The first-order chi connectivity index (χ1) is 25.9. The Morgan fingerprint density at radius 1 is 0.660 bits per heavy atom. The number of carbonyl (C=O) groups is 2. The maximum absolute atomic E-state index is 15.2. The smallest absolute Gasteiger partial charge is 0.289 e. The van der Waals surface area contributed by atoms with Gasteiger partial charge in [-0.15, -0.1) is 0 Å². The van der Waals surface area contributed by atoms with Crippen LogP contribution in [-0.4, -0.2) is 40.0 Å². The van der Waals surface area contributed by atoms with Crippen molar-refractivity contribution in [3.8, 4) is 22.3 Å². The van der Waals surface area contributed by atoms with Gasteiger partial charge in [0.05, 0.1) is 5.69 Å². The lowest BCUT2D eigenvalue weighted by molar-refractivity contribution is 0.0914. The first-order valence-corrected chi connectivity index (χ1v) is 17.6. The van der Waals surface area contributed by atoms with E-state index in [-0.39, 0.29) is 29.2 Å². The summed E-state index contributed by atoms with van der Waals surface area (Å²) in [5, 5.41) is 10.7. The number of nitrogens with one attached hydrogen (secondary N) is 3. The number of aromatic amines is 1. The maximum Gasteiger partial charge on any atom is 0.289 e. The van der Waals surface area contributed by atoms with Crippen LogP contribution in [0.3, 0.4) is 0 Å². The molecular formula is C43H37F2N5O3. The van der Waals surface area contributed by atoms with Gasteiger partial charge in [-0.25, -0.2) is 13.8 Å². The highest BCUT2D eigenvalue weighted by molar-refractivity contribution is 5.97. The molecule has 0 spiro atoms. The van der Waals surface area contributed by atoms with Crippen molar-refractivity contribution >= 4 is 22.8 Å². The second-order valence-corrected chi connectivity index (χ2v) is 12.9. The van der Waals surface area contributed by atoms with E-state index in [2.05, 4.69) is 25.8 Å². The molecule has 0 bridgehead atoms. The van der Waals surface area contributed by atoms with E-state index in [1.54, 1.807) is 36.5 Å². The number of hydrogen-bond acceptors (Lipinski definition) is 5. The van der Waals surface area contributed by atoms with Gasteiger partial charge in [-0.1, -0.05) is 84.0 Å². The van der Waals surface area contributed by atoms with E-state index in [4.69, 9.17) is 4.52 Å². The molecule has 0 aliphatic rings. The average Bonchev–Trinajstić information content (AvgIpc) is 3.84. The van der Waals surface area contributed by atoms with Gasteiger partial charge in [-0.2, -0.15) is 0 Å². The second-order valence-electron chi connectivity index (χ2n) is 12.9. The van der Waals surface area contributed by atoms with Crippen molar-refractivity contribution in [3.63, 3.8) is 0 Å². The molecular weight excluding hydrogens is 673 g/mol. The van der Waals surface area contributed by atoms with Gasteiger partial charge in [-0.05, 0) is 83.8 Å². The van der Waals surface area contributed by atoms with Crippen LogP contribution >= 0.6 is 0 Å². The Morgan fingerprint density at radius 2 is 1.30 bits per heavy atom. The Kier molecular flexibility index (Phi) is 10.8. The summed E-state index contributed by atoms with van der Waals surface area (Å²) in [5.74, 6) is -1.04. The molecule has 0 radical (unpaired) electrons. The summed E-state index contributed by atoms with van der Waals surface area (Å²) in [5.41, 5.74) is 7.21. The molecule has 7 rings (SSSR count). The predicted octanol–water partition coefficient (Wildman–Crippen LogP) is 8.48. The number of halogens is 2. The number of benzene rings is 4. The van der Waals surface area contributed by atoms with Gasteiger partial charge in [0.25, 0.3) is 11.8 Å². The minimum atomic E-state index is -0.364. The number of pyridine rings is 1. The van der Waals surface area contributed by atoms with E-state index in [0.717, 1.165) is 46.9 Å². The van der Waals surface area contributed by atoms with Crippen LogP contribution in [0.5, 0.6) is 0 Å². The van der Waals surface area contributed by atoms with Crippen LogP contribution in [0.15, 0.2) is 126 Å². The third kappa shape index (κ3) is 8.73. The molecule has 3 heterocycles. The molecule has 3 aromatic heterocycles. The van der Waals surface area contributed by atoms with Crippen molar-refractivity contribution in [1.29, 1.82) is 0 Å². The Bertz CT molecular complexity index is 2320. The van der Waals surface area contributed by atoms with Gasteiger partial charge in [0, 0.05) is 48.3 Å². The van der Waals surface area contributed by atoms with Gasteiger partial charge in [0.2, 0.25) is 5.76 Å². The fourth-order valence-corrected chi connectivity index (χ4v) is 6.26. The lowest BCUT2D eigenvalue weighted by Gasteiger charge is -2.08. The van der Waals surface area contributed by atoms with Crippen LogP contribution in [-0.2, 0) is 19.3 Å². The second kappa shape index (κ2) is 16.3. The lowest BCUT2D eigenvalue weighted by atomic mass is 9.99. The van der Waals surface area contributed by atoms with Crippen molar-refractivity contribution in [2.24, 2.45) is 0 Å². The zero-order valence-corrected chi connectivity index (χ0v) is 28.9. The number of aromatic nitrogens is 3. The SMILES string of the molecule is O=C(NCCCc1ccc(-c2ccc(Cc3cc(C(=O)NCCCc4ccc(-c5ccccc5F)cc4)on3)cc2F)cc1)c1cc2cccnc2[nH]1. The van der Waals surface area contributed by atoms with Gasteiger partial charge >= 0.3 is 0 Å². The number of amides is 2. The molecule has 0 fully saturated rings. The van der Waals surface area contributed by atoms with E-state index >= 15 is 4.39 Å². The van der Waals surface area contributed by atoms with Crippen LogP contribution in [0, 0.1) is 11.6 Å². The molecule has 0 aliphatic carbocycles. The first-order valence-electron chi connectivity index (χ1n) is 17.6. The molecule has 8 nitrogen and oxygen atoms in total. The standard InChI is InChI=1S/C43H37F2N5O3/c44-37-10-2-1-9-35(37)31-16-11-29(12-17-31)7-4-23-48-43(52)40-27-34(50-53-40)24-30-15-20-36(38(45)25-30)32-18-13-28(14-19-32)6-3-22-47-42(51)39-26-33-8-5-21-46-41(33)49-39/h1-2,5,8-21,25-27H,3-4,6-7,22-24H2,(H,46,49)(H,47,51)(H,48,52). The van der Waals surface area contributed by atoms with E-state index in [0.29, 0.717) is 59.7 Å². The summed E-state index contributed by atoms with van der Waals surface area (Å²) in [6, 6.07) is 34.3. The zero-order chi connectivity index (χ0) is 36.6. The highest BCUT2D eigenvalue weighted by Gasteiger charge is 2.15. The van der Waals surface area contributed by atoms with E-state index < -0.39 is 0 Å². The molecule has 7 aromatic rings. The van der Waals surface area contributed by atoms with Crippen LogP contribution < -0.4 is 10.6 Å². The maximum atomic E-state index is 15.2. The molecule has 53 heavy (non-hydrogen) atoms. The summed E-state index contributed by atoms with van der Waals surface area (Å²) < 4.78 is 34.6. The van der Waals surface area contributed by atoms with Crippen molar-refractivity contribution in [2.75, 3.05) is 13.1 Å². The number of H-pyrrole nitrogens is 1. The molecule has 0 saturated heterocycles. The van der Waals surface area contributed by atoms with Gasteiger partial charge in [0.15, 0.2) is 0 Å². The monoisotopic (exact) mass is 709 g/mol. The Hall–Kier alpha value is -6.42. The fourth-order valence-electron chi connectivity index (χ4n) is 6.26. The molecule has 2 amide bonds. The normalized spacial score (nSPS) is 11.1. The van der Waals surface area contributed by atoms with Gasteiger partial charge in [-0.3, -0.25) is 9.59 Å². The van der Waals surface area contributed by atoms with Crippen LogP contribution in [0.2, 0.25) is 0 Å². The van der Waals surface area contributed by atoms with Gasteiger partial charge in [0.1, 0.15) is 23.0 Å². The highest BCUT2D eigenvalue weighted by atomic mass is 19.1. The van der Waals surface area contributed by atoms with E-state index in [9.17, 15) is 14.0 Å². The van der Waals surface area contributed by atoms with Crippen LogP contribution in [0.25, 0.3) is 33.3 Å². The topological polar surface area (TPSA) is 113 Å². The number of rotatable bonds is 14. The molecule has 266 valence electrons. The van der Waals surface area contributed by atoms with Crippen LogP contribution in [0.1, 0.15) is 56.3 Å². The van der Waals surface area contributed by atoms with Gasteiger partial charge < -0.3 is 20.1 Å². The third-order valence-corrected chi connectivity index (χ3v) is 9.10. The number of aryl methyl sites for hydroxylation is 2. The summed E-state index contributed by atoms with van der Waals surface area (Å²) >= 11 is 0. The number of hydrogen-bond donors (Lipinski definition) is 3. The van der Waals surface area contributed by atoms with E-state index in [1.807, 2.05) is 72.8 Å². The molecule has 0 saturated carbocycles. The van der Waals surface area contributed by atoms with Crippen molar-refractivity contribution in [1.82, 2.24) is 25.8 Å². The highest BCUT2D eigenvalue weighted by Crippen LogP contribution is 2.26. The third-order valence-electron chi connectivity index (χ3n) is 9.10. The number of carbonyl (C=O) groups excluding carboxylic acids is 2. The molecule has 0 atom stereocenters. The number of fused-ring (bicyclic) bond motifs is 1. The van der Waals surface area contributed by atoms with Crippen molar-refractivity contribution in [3.05, 3.63) is 167 Å². The molecule has 3 N–H and O–H groups in total. The molecule has 4 aromatic carbocycles. The zero-order valence-electron chi connectivity index (χ0n) is 28.9. The summed E-state index contributed by atoms with van der Waals surface area (Å²) in [4.78, 5) is 32.4. The Balaban J connectivity index is 0.840. The first kappa shape index (κ1) is 35.0. The molecule has 0 aliphatic heterocycles. The summed E-state index contributed by atoms with van der Waals surface area (Å²) in [6.45, 7) is 0.967. The average molecular weight is 710 g/mol. The Morgan fingerprint density at radius 3 is 1.96 bits per heavy atom. The van der Waals surface area contributed by atoms with E-state index in [1.165, 1.54) is 12.1 Å². The fraction of sp³-hybridized carbons (Fsp3) is 0.163. The largest absolute Gasteiger partial charge is 0.351 e. The summed E-state index contributed by atoms with van der Waals surface area (Å²) in [7, 11) is 0. The predicted molar refractivity (Wildman–Crippen MR) is 200 cm³/mol. The molecule has 0 unspecified atom stereocenters. The lowest BCUT2D eigenvalue weighted by Crippen LogP contribution is -2.25. The quantitative estimate of drug-likeness (QED) is 0.0981. The molecule has 10 heteroatoms. The van der Waals surface area contributed by atoms with Crippen LogP contribution in [0.4, 0.5) is 8.78 Å². The Labute approximate surface area is 305 Å². The number of nitrogens with zero attached hydrogens (tertiary/aromatic N) is 2.